The van der Waals surface area contributed by atoms with E-state index in [0.29, 0.717) is 19.6 Å². The number of anilines is 1. The molecule has 0 unspecified atom stereocenters. The number of hydrogen-bond acceptors (Lipinski definition) is 4. The summed E-state index contributed by atoms with van der Waals surface area (Å²) in [5.74, 6) is 2.51. The van der Waals surface area contributed by atoms with Crippen LogP contribution in [-0.4, -0.2) is 45.7 Å². The van der Waals surface area contributed by atoms with E-state index < -0.39 is 0 Å². The van der Waals surface area contributed by atoms with Crippen molar-refractivity contribution in [3.05, 3.63) is 53.6 Å². The number of carbonyl (C=O) groups is 1. The highest BCUT2D eigenvalue weighted by Gasteiger charge is 2.14. The summed E-state index contributed by atoms with van der Waals surface area (Å²) in [5.41, 5.74) is 3.15. The molecule has 3 rings (SSSR count). The second-order valence-electron chi connectivity index (χ2n) is 6.70. The van der Waals surface area contributed by atoms with Gasteiger partial charge in [-0.25, -0.2) is 0 Å². The molecule has 0 spiro atoms. The second-order valence-corrected chi connectivity index (χ2v) is 6.70. The van der Waals surface area contributed by atoms with Gasteiger partial charge in [0.05, 0.1) is 13.7 Å². The van der Waals surface area contributed by atoms with Crippen LogP contribution in [0.5, 0.6) is 11.5 Å². The molecule has 0 saturated heterocycles. The zero-order valence-electron chi connectivity index (χ0n) is 17.0. The van der Waals surface area contributed by atoms with Crippen molar-refractivity contribution < 1.29 is 14.3 Å². The Bertz CT molecular complexity index is 867. The van der Waals surface area contributed by atoms with Gasteiger partial charge in [0.15, 0.2) is 5.96 Å². The van der Waals surface area contributed by atoms with E-state index in [1.54, 1.807) is 14.2 Å². The van der Waals surface area contributed by atoms with Crippen LogP contribution in [0.3, 0.4) is 0 Å². The molecule has 2 aromatic carbocycles. The lowest BCUT2D eigenvalue weighted by molar-refractivity contribution is -0.116. The van der Waals surface area contributed by atoms with Gasteiger partial charge in [0.25, 0.3) is 0 Å². The van der Waals surface area contributed by atoms with Crippen LogP contribution in [0.4, 0.5) is 5.69 Å². The molecule has 1 aliphatic heterocycles. The zero-order valence-corrected chi connectivity index (χ0v) is 17.0. The molecule has 3 N–H and O–H groups in total. The summed E-state index contributed by atoms with van der Waals surface area (Å²) in [6.07, 6.45) is 2.11. The van der Waals surface area contributed by atoms with E-state index >= 15 is 0 Å². The predicted molar refractivity (Wildman–Crippen MR) is 115 cm³/mol. The Morgan fingerprint density at radius 1 is 1.14 bits per heavy atom. The number of nitrogens with one attached hydrogen (secondary N) is 3. The Morgan fingerprint density at radius 3 is 2.79 bits per heavy atom. The molecule has 0 aromatic heterocycles. The van der Waals surface area contributed by atoms with Gasteiger partial charge in [0.2, 0.25) is 5.91 Å². The van der Waals surface area contributed by atoms with Crippen LogP contribution in [0.1, 0.15) is 17.5 Å². The number of fused-ring (bicyclic) bond motifs is 1. The number of aliphatic imine (C=N–C) groups is 1. The maximum atomic E-state index is 11.4. The van der Waals surface area contributed by atoms with Gasteiger partial charge >= 0.3 is 0 Å². The summed E-state index contributed by atoms with van der Waals surface area (Å²) >= 11 is 0. The van der Waals surface area contributed by atoms with Crippen molar-refractivity contribution in [3.63, 3.8) is 0 Å². The normalized spacial score (nSPS) is 13.3. The number of ether oxygens (including phenoxy) is 2. The van der Waals surface area contributed by atoms with Crippen LogP contribution >= 0.6 is 0 Å². The van der Waals surface area contributed by atoms with Crippen molar-refractivity contribution in [2.24, 2.45) is 4.99 Å². The van der Waals surface area contributed by atoms with Crippen molar-refractivity contribution in [2.45, 2.75) is 19.3 Å². The van der Waals surface area contributed by atoms with Crippen LogP contribution in [0.25, 0.3) is 0 Å². The molecule has 1 heterocycles. The second kappa shape index (κ2) is 10.4. The number of guanidine groups is 1. The molecule has 29 heavy (non-hydrogen) atoms. The van der Waals surface area contributed by atoms with Gasteiger partial charge < -0.3 is 25.4 Å². The molecular weight excluding hydrogens is 368 g/mol. The first-order valence-electron chi connectivity index (χ1n) is 9.81. The lowest BCUT2D eigenvalue weighted by Crippen LogP contribution is -2.40. The first-order valence-corrected chi connectivity index (χ1v) is 9.81. The Balaban J connectivity index is 1.38. The summed E-state index contributed by atoms with van der Waals surface area (Å²) in [5, 5.41) is 9.43. The molecule has 7 heteroatoms. The van der Waals surface area contributed by atoms with Gasteiger partial charge in [-0.05, 0) is 48.2 Å². The predicted octanol–water partition coefficient (Wildman–Crippen LogP) is 2.37. The fourth-order valence-electron chi connectivity index (χ4n) is 3.23. The topological polar surface area (TPSA) is 84.0 Å². The number of para-hydroxylation sites is 1. The minimum atomic E-state index is 0.0694. The lowest BCUT2D eigenvalue weighted by atomic mass is 10.0. The fourth-order valence-corrected chi connectivity index (χ4v) is 3.23. The zero-order chi connectivity index (χ0) is 20.5. The Kier molecular flexibility index (Phi) is 7.33. The van der Waals surface area contributed by atoms with Crippen LogP contribution in [0.2, 0.25) is 0 Å². The molecule has 1 aliphatic rings. The van der Waals surface area contributed by atoms with Gasteiger partial charge in [-0.15, -0.1) is 0 Å². The van der Waals surface area contributed by atoms with E-state index in [0.717, 1.165) is 53.7 Å². The van der Waals surface area contributed by atoms with E-state index in [1.165, 1.54) is 0 Å². The van der Waals surface area contributed by atoms with Gasteiger partial charge in [-0.1, -0.05) is 18.2 Å². The van der Waals surface area contributed by atoms with Gasteiger partial charge in [-0.2, -0.15) is 0 Å². The molecule has 0 bridgehead atoms. The Morgan fingerprint density at radius 2 is 1.97 bits per heavy atom. The van der Waals surface area contributed by atoms with E-state index in [-0.39, 0.29) is 5.91 Å². The number of methoxy groups -OCH3 is 1. The first-order chi connectivity index (χ1) is 14.2. The van der Waals surface area contributed by atoms with Gasteiger partial charge in [0, 0.05) is 25.7 Å². The van der Waals surface area contributed by atoms with Crippen LogP contribution in [-0.2, 0) is 17.6 Å². The van der Waals surface area contributed by atoms with Gasteiger partial charge in [0.1, 0.15) is 18.1 Å². The maximum Gasteiger partial charge on any atom is 0.224 e. The number of benzene rings is 2. The van der Waals surface area contributed by atoms with E-state index in [4.69, 9.17) is 9.47 Å². The smallest absolute Gasteiger partial charge is 0.224 e. The number of hydrogen-bond donors (Lipinski definition) is 3. The summed E-state index contributed by atoms with van der Waals surface area (Å²) in [4.78, 5) is 15.7. The average molecular weight is 396 g/mol. The van der Waals surface area contributed by atoms with E-state index in [9.17, 15) is 4.79 Å². The number of rotatable bonds is 8. The molecule has 1 amide bonds. The molecule has 2 aromatic rings. The van der Waals surface area contributed by atoms with Crippen LogP contribution in [0, 0.1) is 0 Å². The largest absolute Gasteiger partial charge is 0.496 e. The third kappa shape index (κ3) is 5.88. The highest BCUT2D eigenvalue weighted by molar-refractivity contribution is 5.94. The Labute approximate surface area is 171 Å². The molecule has 0 saturated carbocycles. The van der Waals surface area contributed by atoms with Crippen LogP contribution < -0.4 is 25.4 Å². The highest BCUT2D eigenvalue weighted by Crippen LogP contribution is 2.26. The third-order valence-corrected chi connectivity index (χ3v) is 4.74. The molecule has 7 nitrogen and oxygen atoms in total. The molecule has 0 aliphatic carbocycles. The van der Waals surface area contributed by atoms with Crippen LogP contribution in [0.15, 0.2) is 47.5 Å². The quantitative estimate of drug-likeness (QED) is 0.362. The molecule has 0 atom stereocenters. The highest BCUT2D eigenvalue weighted by atomic mass is 16.5. The first kappa shape index (κ1) is 20.5. The average Bonchev–Trinajstić information content (AvgIpc) is 2.75. The number of amides is 1. The monoisotopic (exact) mass is 396 g/mol. The van der Waals surface area contributed by atoms with Gasteiger partial charge in [-0.3, -0.25) is 9.79 Å². The van der Waals surface area contributed by atoms with Crippen molar-refractivity contribution in [1.29, 1.82) is 0 Å². The van der Waals surface area contributed by atoms with Crippen molar-refractivity contribution in [2.75, 3.05) is 39.2 Å². The standard InChI is InChI=1S/C22H28N4O3/c1-23-22(24-12-11-16-5-3-4-6-20(16)28-2)25-13-14-29-18-8-9-19-17(15-18)7-10-21(27)26-19/h3-6,8-9,15H,7,10-14H2,1-2H3,(H,26,27)(H2,23,24,25). The number of nitrogens with zero attached hydrogens (tertiary/aromatic N) is 1. The molecule has 0 radical (unpaired) electrons. The maximum absolute atomic E-state index is 11.4. The number of carbonyl (C=O) groups excluding carboxylic acids is 1. The minimum absolute atomic E-state index is 0.0694. The van der Waals surface area contributed by atoms with Crippen molar-refractivity contribution >= 4 is 17.6 Å². The van der Waals surface area contributed by atoms with E-state index in [2.05, 4.69) is 27.0 Å². The molecule has 154 valence electrons. The summed E-state index contributed by atoms with van der Waals surface area (Å²) in [6.45, 7) is 1.89. The number of aryl methyl sites for hydroxylation is 1. The van der Waals surface area contributed by atoms with Crippen molar-refractivity contribution in [3.8, 4) is 11.5 Å². The SMILES string of the molecule is CN=C(NCCOc1ccc2c(c1)CCC(=O)N2)NCCc1ccccc1OC. The van der Waals surface area contributed by atoms with Crippen molar-refractivity contribution in [1.82, 2.24) is 10.6 Å². The Hall–Kier alpha value is -3.22. The summed E-state index contributed by atoms with van der Waals surface area (Å²) < 4.78 is 11.2. The molecule has 0 fully saturated rings. The summed E-state index contributed by atoms with van der Waals surface area (Å²) in [6, 6.07) is 13.8. The third-order valence-electron chi connectivity index (χ3n) is 4.74. The summed E-state index contributed by atoms with van der Waals surface area (Å²) in [7, 11) is 3.43. The minimum Gasteiger partial charge on any atom is -0.496 e. The molecular formula is C22H28N4O3. The van der Waals surface area contributed by atoms with E-state index in [1.807, 2.05) is 36.4 Å². The lowest BCUT2D eigenvalue weighted by Gasteiger charge is -2.18. The fraction of sp³-hybridized carbons (Fsp3) is 0.364.